The number of nitrogens with zero attached hydrogens (tertiary/aromatic N) is 2. The van der Waals surface area contributed by atoms with Gasteiger partial charge in [0.25, 0.3) is 0 Å². The van der Waals surface area contributed by atoms with Gasteiger partial charge in [0.05, 0.1) is 0 Å². The van der Waals surface area contributed by atoms with Crippen LogP contribution in [0.15, 0.2) is 0 Å². The largest absolute Gasteiger partial charge is 0.359 e. The molecule has 2 rings (SSSR count). The average molecular weight is 243 g/mol. The lowest BCUT2D eigenvalue weighted by Gasteiger charge is -2.11. The van der Waals surface area contributed by atoms with Gasteiger partial charge in [0, 0.05) is 17.2 Å². The Morgan fingerprint density at radius 2 is 2.20 bits per heavy atom. The van der Waals surface area contributed by atoms with E-state index in [9.17, 15) is 0 Å². The summed E-state index contributed by atoms with van der Waals surface area (Å²) in [6, 6.07) is 0. The first-order valence-corrected chi connectivity index (χ1v) is 7.32. The molecular weight excluding hydrogens is 226 g/mol. The standard InChI is InChI=1S/C10H17N3S2/c1-7(2)8-12-13-9(15-8)11-6-10(14-3)4-5-10/h7H,4-6H2,1-3H3,(H,11,13). The topological polar surface area (TPSA) is 37.8 Å². The lowest BCUT2D eigenvalue weighted by molar-refractivity contribution is 0.824. The lowest BCUT2D eigenvalue weighted by atomic mass is 10.2. The molecule has 3 nitrogen and oxygen atoms in total. The summed E-state index contributed by atoms with van der Waals surface area (Å²) in [6.45, 7) is 5.32. The van der Waals surface area contributed by atoms with E-state index in [1.165, 1.54) is 12.8 Å². The smallest absolute Gasteiger partial charge is 0.205 e. The van der Waals surface area contributed by atoms with Crippen molar-refractivity contribution in [3.63, 3.8) is 0 Å². The molecule has 0 unspecified atom stereocenters. The molecule has 1 aliphatic carbocycles. The molecule has 15 heavy (non-hydrogen) atoms. The molecule has 0 spiro atoms. The van der Waals surface area contributed by atoms with Crippen LogP contribution in [-0.2, 0) is 0 Å². The van der Waals surface area contributed by atoms with Gasteiger partial charge in [-0.25, -0.2) is 0 Å². The van der Waals surface area contributed by atoms with Gasteiger partial charge in [-0.2, -0.15) is 11.8 Å². The Balaban J connectivity index is 1.88. The lowest BCUT2D eigenvalue weighted by Crippen LogP contribution is -2.17. The summed E-state index contributed by atoms with van der Waals surface area (Å²) < 4.78 is 0.490. The van der Waals surface area contributed by atoms with Gasteiger partial charge < -0.3 is 5.32 Å². The van der Waals surface area contributed by atoms with E-state index < -0.39 is 0 Å². The fourth-order valence-electron chi connectivity index (χ4n) is 1.37. The third-order valence-electron chi connectivity index (χ3n) is 2.74. The second kappa shape index (κ2) is 4.29. The van der Waals surface area contributed by atoms with E-state index >= 15 is 0 Å². The molecule has 0 aliphatic heterocycles. The van der Waals surface area contributed by atoms with Crippen molar-refractivity contribution in [3.8, 4) is 0 Å². The number of hydrogen-bond donors (Lipinski definition) is 1. The van der Waals surface area contributed by atoms with Crippen molar-refractivity contribution in [2.24, 2.45) is 0 Å². The second-order valence-corrected chi connectivity index (χ2v) is 6.62. The second-order valence-electron chi connectivity index (χ2n) is 4.34. The van der Waals surface area contributed by atoms with Crippen LogP contribution in [0.5, 0.6) is 0 Å². The van der Waals surface area contributed by atoms with Crippen LogP contribution in [0.4, 0.5) is 5.13 Å². The van der Waals surface area contributed by atoms with Gasteiger partial charge in [-0.15, -0.1) is 10.2 Å². The van der Waals surface area contributed by atoms with Gasteiger partial charge in [0.15, 0.2) is 0 Å². The van der Waals surface area contributed by atoms with E-state index in [2.05, 4.69) is 35.6 Å². The molecule has 1 heterocycles. The van der Waals surface area contributed by atoms with Crippen molar-refractivity contribution in [2.75, 3.05) is 18.1 Å². The minimum absolute atomic E-state index is 0.480. The molecule has 0 atom stereocenters. The highest BCUT2D eigenvalue weighted by atomic mass is 32.2. The number of anilines is 1. The molecule has 1 aromatic heterocycles. The first-order valence-electron chi connectivity index (χ1n) is 5.28. The van der Waals surface area contributed by atoms with Crippen LogP contribution >= 0.6 is 23.1 Å². The monoisotopic (exact) mass is 243 g/mol. The highest BCUT2D eigenvalue weighted by Gasteiger charge is 2.41. The summed E-state index contributed by atoms with van der Waals surface area (Å²) >= 11 is 3.64. The zero-order valence-electron chi connectivity index (χ0n) is 9.41. The Labute approximate surface area is 99.1 Å². The van der Waals surface area contributed by atoms with Crippen LogP contribution in [0, 0.1) is 0 Å². The molecule has 5 heteroatoms. The zero-order valence-corrected chi connectivity index (χ0v) is 11.0. The van der Waals surface area contributed by atoms with Gasteiger partial charge in [0.1, 0.15) is 5.01 Å². The Morgan fingerprint density at radius 3 is 2.67 bits per heavy atom. The van der Waals surface area contributed by atoms with Crippen molar-refractivity contribution in [1.29, 1.82) is 0 Å². The van der Waals surface area contributed by atoms with Crippen molar-refractivity contribution < 1.29 is 0 Å². The Hall–Kier alpha value is -0.290. The van der Waals surface area contributed by atoms with Crippen LogP contribution in [0.25, 0.3) is 0 Å². The number of nitrogens with one attached hydrogen (secondary N) is 1. The molecule has 1 saturated carbocycles. The van der Waals surface area contributed by atoms with Gasteiger partial charge in [-0.1, -0.05) is 25.2 Å². The minimum atomic E-state index is 0.480. The summed E-state index contributed by atoms with van der Waals surface area (Å²) in [7, 11) is 0. The van der Waals surface area contributed by atoms with Crippen molar-refractivity contribution in [2.45, 2.75) is 37.4 Å². The predicted octanol–water partition coefficient (Wildman–Crippen LogP) is 2.97. The normalized spacial score (nSPS) is 18.1. The predicted molar refractivity (Wildman–Crippen MR) is 68.0 cm³/mol. The third kappa shape index (κ3) is 2.64. The van der Waals surface area contributed by atoms with Gasteiger partial charge in [-0.05, 0) is 19.1 Å². The molecule has 0 radical (unpaired) electrons. The quantitative estimate of drug-likeness (QED) is 0.863. The molecular formula is C10H17N3S2. The molecule has 1 aliphatic rings. The Kier molecular flexibility index (Phi) is 3.21. The summed E-state index contributed by atoms with van der Waals surface area (Å²) in [4.78, 5) is 0. The Morgan fingerprint density at radius 1 is 1.47 bits per heavy atom. The van der Waals surface area contributed by atoms with E-state index in [1.807, 2.05) is 11.8 Å². The SMILES string of the molecule is CSC1(CNc2nnc(C(C)C)s2)CC1. The van der Waals surface area contributed by atoms with Crippen molar-refractivity contribution in [3.05, 3.63) is 5.01 Å². The van der Waals surface area contributed by atoms with Crippen LogP contribution in [0.2, 0.25) is 0 Å². The van der Waals surface area contributed by atoms with E-state index in [0.29, 0.717) is 10.7 Å². The van der Waals surface area contributed by atoms with E-state index in [-0.39, 0.29) is 0 Å². The summed E-state index contributed by atoms with van der Waals surface area (Å²) in [6.07, 6.45) is 4.85. The molecule has 0 saturated heterocycles. The van der Waals surface area contributed by atoms with E-state index in [1.54, 1.807) is 11.3 Å². The third-order valence-corrected chi connectivity index (χ3v) is 5.34. The maximum Gasteiger partial charge on any atom is 0.205 e. The summed E-state index contributed by atoms with van der Waals surface area (Å²) in [5, 5.41) is 13.8. The number of hydrogen-bond acceptors (Lipinski definition) is 5. The van der Waals surface area contributed by atoms with Crippen LogP contribution < -0.4 is 5.32 Å². The highest BCUT2D eigenvalue weighted by Crippen LogP contribution is 2.47. The summed E-state index contributed by atoms with van der Waals surface area (Å²) in [5.74, 6) is 0.480. The van der Waals surface area contributed by atoms with Crippen LogP contribution in [0.3, 0.4) is 0 Å². The maximum absolute atomic E-state index is 4.16. The molecule has 84 valence electrons. The van der Waals surface area contributed by atoms with Crippen molar-refractivity contribution in [1.82, 2.24) is 10.2 Å². The molecule has 0 bridgehead atoms. The number of aromatic nitrogens is 2. The van der Waals surface area contributed by atoms with Crippen LogP contribution in [-0.4, -0.2) is 27.7 Å². The first-order chi connectivity index (χ1) is 7.15. The average Bonchev–Trinajstić information content (AvgIpc) is 2.85. The molecule has 0 aromatic carbocycles. The first kappa shape index (κ1) is 11.2. The molecule has 1 aromatic rings. The number of thioether (sulfide) groups is 1. The maximum atomic E-state index is 4.16. The highest BCUT2D eigenvalue weighted by molar-refractivity contribution is 8.00. The fraction of sp³-hybridized carbons (Fsp3) is 0.800. The van der Waals surface area contributed by atoms with Crippen LogP contribution in [0.1, 0.15) is 37.6 Å². The zero-order chi connectivity index (χ0) is 10.9. The van der Waals surface area contributed by atoms with E-state index in [4.69, 9.17) is 0 Å². The fourth-order valence-corrected chi connectivity index (χ4v) is 2.84. The summed E-state index contributed by atoms with van der Waals surface area (Å²) in [5.41, 5.74) is 0. The Bertz CT molecular complexity index is 331. The minimum Gasteiger partial charge on any atom is -0.359 e. The number of rotatable bonds is 5. The van der Waals surface area contributed by atoms with Crippen molar-refractivity contribution >= 4 is 28.2 Å². The molecule has 0 amide bonds. The van der Waals surface area contributed by atoms with Gasteiger partial charge in [0.2, 0.25) is 5.13 Å². The molecule has 1 fully saturated rings. The van der Waals surface area contributed by atoms with E-state index in [0.717, 1.165) is 16.7 Å². The van der Waals surface area contributed by atoms with Gasteiger partial charge in [-0.3, -0.25) is 0 Å². The molecule has 1 N–H and O–H groups in total. The van der Waals surface area contributed by atoms with Gasteiger partial charge >= 0.3 is 0 Å².